The van der Waals surface area contributed by atoms with E-state index >= 15 is 0 Å². The van der Waals surface area contributed by atoms with Crippen LogP contribution in [0.5, 0.6) is 5.75 Å². The van der Waals surface area contributed by atoms with E-state index < -0.39 is 0 Å². The number of aromatic hydroxyl groups is 1. The van der Waals surface area contributed by atoms with Crippen LogP contribution in [0.4, 0.5) is 0 Å². The molecule has 3 aromatic rings. The summed E-state index contributed by atoms with van der Waals surface area (Å²) in [4.78, 5) is 4.26. The molecule has 0 amide bonds. The van der Waals surface area contributed by atoms with Crippen molar-refractivity contribution < 1.29 is 14.0 Å². The molecule has 0 spiro atoms. The lowest BCUT2D eigenvalue weighted by Crippen LogP contribution is -1.80. The number of benzene rings is 1. The molecule has 5 nitrogen and oxygen atoms in total. The van der Waals surface area contributed by atoms with Crippen molar-refractivity contribution in [3.63, 3.8) is 0 Å². The minimum absolute atomic E-state index is 0.195. The quantitative estimate of drug-likeness (QED) is 0.747. The van der Waals surface area contributed by atoms with Crippen LogP contribution in [-0.2, 0) is 0 Å². The summed E-state index contributed by atoms with van der Waals surface area (Å²) < 4.78 is 10.5. The molecule has 1 N–H and O–H groups in total. The van der Waals surface area contributed by atoms with E-state index in [1.807, 2.05) is 13.0 Å². The second kappa shape index (κ2) is 4.03. The third-order valence-corrected chi connectivity index (χ3v) is 2.61. The van der Waals surface area contributed by atoms with Gasteiger partial charge in [-0.1, -0.05) is 5.16 Å². The largest absolute Gasteiger partial charge is 0.508 e. The highest BCUT2D eigenvalue weighted by Crippen LogP contribution is 2.25. The molecule has 0 unspecified atom stereocenters. The fourth-order valence-corrected chi connectivity index (χ4v) is 1.64. The molecule has 0 fully saturated rings. The highest BCUT2D eigenvalue weighted by Gasteiger charge is 2.14. The van der Waals surface area contributed by atoms with Gasteiger partial charge in [-0.05, 0) is 42.8 Å². The van der Waals surface area contributed by atoms with Gasteiger partial charge in [0.15, 0.2) is 5.76 Å². The Bertz CT molecular complexity index is 668. The first-order valence-electron chi connectivity index (χ1n) is 5.41. The van der Waals surface area contributed by atoms with Gasteiger partial charge in [-0.15, -0.1) is 0 Å². The summed E-state index contributed by atoms with van der Waals surface area (Å²) >= 11 is 0. The standard InChI is InChI=1S/C13H10N2O3/c1-8-6-7-17-11(8)12-14-13(18-15-12)9-2-4-10(16)5-3-9/h2-7,16H,1H3. The van der Waals surface area contributed by atoms with E-state index in [4.69, 9.17) is 8.94 Å². The van der Waals surface area contributed by atoms with Gasteiger partial charge in [0.1, 0.15) is 5.75 Å². The maximum absolute atomic E-state index is 9.21. The van der Waals surface area contributed by atoms with Gasteiger partial charge in [0.05, 0.1) is 6.26 Å². The van der Waals surface area contributed by atoms with Crippen LogP contribution in [0, 0.1) is 6.92 Å². The molecule has 0 saturated heterocycles. The number of phenolic OH excluding ortho intramolecular Hbond substituents is 1. The summed E-state index contributed by atoms with van der Waals surface area (Å²) in [7, 11) is 0. The first kappa shape index (κ1) is 10.6. The van der Waals surface area contributed by atoms with Crippen LogP contribution in [0.3, 0.4) is 0 Å². The molecule has 0 bridgehead atoms. The van der Waals surface area contributed by atoms with Crippen LogP contribution in [-0.4, -0.2) is 15.2 Å². The number of furan rings is 1. The van der Waals surface area contributed by atoms with E-state index in [1.54, 1.807) is 30.5 Å². The topological polar surface area (TPSA) is 72.3 Å². The Labute approximate surface area is 103 Å². The number of hydrogen-bond donors (Lipinski definition) is 1. The number of aryl methyl sites for hydroxylation is 1. The van der Waals surface area contributed by atoms with Gasteiger partial charge in [-0.2, -0.15) is 4.98 Å². The first-order valence-corrected chi connectivity index (χ1v) is 5.41. The monoisotopic (exact) mass is 242 g/mol. The first-order chi connectivity index (χ1) is 8.74. The SMILES string of the molecule is Cc1ccoc1-c1noc(-c2ccc(O)cc2)n1. The lowest BCUT2D eigenvalue weighted by Gasteiger charge is -1.93. The number of aromatic nitrogens is 2. The summed E-state index contributed by atoms with van der Waals surface area (Å²) in [6.45, 7) is 1.91. The Morgan fingerprint density at radius 1 is 1.11 bits per heavy atom. The molecule has 0 atom stereocenters. The predicted octanol–water partition coefficient (Wildman–Crippen LogP) is 3.01. The van der Waals surface area contributed by atoms with E-state index in [2.05, 4.69) is 10.1 Å². The lowest BCUT2D eigenvalue weighted by molar-refractivity contribution is 0.429. The molecule has 2 aromatic heterocycles. The number of rotatable bonds is 2. The number of phenols is 1. The molecular formula is C13H10N2O3. The zero-order valence-corrected chi connectivity index (χ0v) is 9.62. The zero-order valence-electron chi connectivity index (χ0n) is 9.62. The van der Waals surface area contributed by atoms with Crippen molar-refractivity contribution in [3.8, 4) is 28.8 Å². The Balaban J connectivity index is 1.99. The van der Waals surface area contributed by atoms with Gasteiger partial charge in [-0.3, -0.25) is 0 Å². The molecule has 0 aliphatic heterocycles. The van der Waals surface area contributed by atoms with Crippen molar-refractivity contribution in [2.45, 2.75) is 6.92 Å². The molecule has 5 heteroatoms. The fraction of sp³-hybridized carbons (Fsp3) is 0.0769. The summed E-state index contributed by atoms with van der Waals surface area (Å²) in [5, 5.41) is 13.1. The van der Waals surface area contributed by atoms with E-state index in [9.17, 15) is 5.11 Å². The Morgan fingerprint density at radius 3 is 2.56 bits per heavy atom. The highest BCUT2D eigenvalue weighted by atomic mass is 16.5. The maximum atomic E-state index is 9.21. The lowest BCUT2D eigenvalue weighted by atomic mass is 10.2. The molecule has 90 valence electrons. The molecule has 18 heavy (non-hydrogen) atoms. The summed E-state index contributed by atoms with van der Waals surface area (Å²) in [6.07, 6.45) is 1.58. The van der Waals surface area contributed by atoms with E-state index in [0.29, 0.717) is 17.5 Å². The van der Waals surface area contributed by atoms with Crippen LogP contribution in [0.2, 0.25) is 0 Å². The Kier molecular flexibility index (Phi) is 2.37. The third kappa shape index (κ3) is 1.75. The van der Waals surface area contributed by atoms with Crippen LogP contribution in [0.15, 0.2) is 45.5 Å². The van der Waals surface area contributed by atoms with Gasteiger partial charge >= 0.3 is 0 Å². The third-order valence-electron chi connectivity index (χ3n) is 2.61. The number of nitrogens with zero attached hydrogens (tertiary/aromatic N) is 2. The normalized spacial score (nSPS) is 10.7. The van der Waals surface area contributed by atoms with Crippen molar-refractivity contribution >= 4 is 0 Å². The molecule has 1 aromatic carbocycles. The van der Waals surface area contributed by atoms with Crippen molar-refractivity contribution in [1.82, 2.24) is 10.1 Å². The van der Waals surface area contributed by atoms with E-state index in [0.717, 1.165) is 11.1 Å². The van der Waals surface area contributed by atoms with Crippen molar-refractivity contribution in [2.75, 3.05) is 0 Å². The predicted molar refractivity (Wildman–Crippen MR) is 63.8 cm³/mol. The second-order valence-corrected chi connectivity index (χ2v) is 3.90. The zero-order chi connectivity index (χ0) is 12.5. The molecule has 2 heterocycles. The van der Waals surface area contributed by atoms with E-state index in [1.165, 1.54) is 0 Å². The smallest absolute Gasteiger partial charge is 0.258 e. The average Bonchev–Trinajstić information content (AvgIpc) is 2.98. The van der Waals surface area contributed by atoms with Crippen molar-refractivity contribution in [2.24, 2.45) is 0 Å². The van der Waals surface area contributed by atoms with Crippen LogP contribution in [0.1, 0.15) is 5.56 Å². The summed E-state index contributed by atoms with van der Waals surface area (Å²) in [6, 6.07) is 8.39. The highest BCUT2D eigenvalue weighted by molar-refractivity contribution is 5.58. The Hall–Kier alpha value is -2.56. The minimum Gasteiger partial charge on any atom is -0.508 e. The summed E-state index contributed by atoms with van der Waals surface area (Å²) in [5.41, 5.74) is 1.70. The van der Waals surface area contributed by atoms with Crippen molar-refractivity contribution in [1.29, 1.82) is 0 Å². The molecule has 3 rings (SSSR count). The van der Waals surface area contributed by atoms with Crippen LogP contribution >= 0.6 is 0 Å². The van der Waals surface area contributed by atoms with Gasteiger partial charge in [0.25, 0.3) is 5.89 Å². The fourth-order valence-electron chi connectivity index (χ4n) is 1.64. The van der Waals surface area contributed by atoms with Crippen molar-refractivity contribution in [3.05, 3.63) is 42.2 Å². The van der Waals surface area contributed by atoms with Gasteiger partial charge < -0.3 is 14.0 Å². The van der Waals surface area contributed by atoms with Gasteiger partial charge in [-0.25, -0.2) is 0 Å². The van der Waals surface area contributed by atoms with Crippen LogP contribution in [0.25, 0.3) is 23.0 Å². The molecule has 0 aliphatic rings. The molecule has 0 radical (unpaired) electrons. The summed E-state index contributed by atoms with van der Waals surface area (Å²) in [5.74, 6) is 1.60. The maximum Gasteiger partial charge on any atom is 0.258 e. The molecular weight excluding hydrogens is 232 g/mol. The average molecular weight is 242 g/mol. The Morgan fingerprint density at radius 2 is 1.89 bits per heavy atom. The molecule has 0 saturated carbocycles. The van der Waals surface area contributed by atoms with E-state index in [-0.39, 0.29) is 5.75 Å². The minimum atomic E-state index is 0.195. The number of hydrogen-bond acceptors (Lipinski definition) is 5. The van der Waals surface area contributed by atoms with Gasteiger partial charge in [0, 0.05) is 5.56 Å². The van der Waals surface area contributed by atoms with Crippen LogP contribution < -0.4 is 0 Å². The van der Waals surface area contributed by atoms with Gasteiger partial charge in [0.2, 0.25) is 5.82 Å². The molecule has 0 aliphatic carbocycles. The second-order valence-electron chi connectivity index (χ2n) is 3.90.